The highest BCUT2D eigenvalue weighted by Gasteiger charge is 2.43. The maximum Gasteiger partial charge on any atom is 0.331 e. The Kier molecular flexibility index (Phi) is 5.61. The molecule has 23 heavy (non-hydrogen) atoms. The Morgan fingerprint density at radius 3 is 2.70 bits per heavy atom. The molecule has 2 rings (SSSR count). The van der Waals surface area contributed by atoms with Crippen LogP contribution in [0, 0.1) is 6.92 Å². The van der Waals surface area contributed by atoms with Crippen LogP contribution in [0.3, 0.4) is 0 Å². The Labute approximate surface area is 136 Å². The summed E-state index contributed by atoms with van der Waals surface area (Å²) in [6.07, 6.45) is 0.227. The highest BCUT2D eigenvalue weighted by atomic mass is 32.2. The number of rotatable bonds is 7. The number of thioether (sulfide) groups is 1. The number of hydrogen-bond acceptors (Lipinski definition) is 7. The molecule has 1 aromatic heterocycles. The normalized spacial score (nSPS) is 20.2. The minimum Gasteiger partial charge on any atom is -0.479 e. The molecule has 0 radical (unpaired) electrons. The van der Waals surface area contributed by atoms with Crippen LogP contribution in [0.5, 0.6) is 0 Å². The average molecular weight is 343 g/mol. The Bertz CT molecular complexity index is 596. The van der Waals surface area contributed by atoms with Gasteiger partial charge >= 0.3 is 5.97 Å². The first-order chi connectivity index (χ1) is 10.9. The van der Waals surface area contributed by atoms with Crippen LogP contribution >= 0.6 is 11.8 Å². The van der Waals surface area contributed by atoms with E-state index >= 15 is 0 Å². The zero-order chi connectivity index (χ0) is 16.9. The van der Waals surface area contributed by atoms with Crippen molar-refractivity contribution in [2.45, 2.75) is 18.9 Å². The highest BCUT2D eigenvalue weighted by Crippen LogP contribution is 2.19. The first-order valence-corrected chi connectivity index (χ1v) is 8.00. The lowest BCUT2D eigenvalue weighted by molar-refractivity contribution is -0.147. The molecule has 2 heterocycles. The fraction of sp³-hybridized carbons (Fsp3) is 0.538. The summed E-state index contributed by atoms with van der Waals surface area (Å²) >= 11 is 1.07. The predicted octanol–water partition coefficient (Wildman–Crippen LogP) is 0.0146. The van der Waals surface area contributed by atoms with Gasteiger partial charge in [0.1, 0.15) is 5.76 Å². The maximum absolute atomic E-state index is 11.8. The molecule has 1 aliphatic rings. The van der Waals surface area contributed by atoms with E-state index in [0.717, 1.165) is 11.8 Å². The van der Waals surface area contributed by atoms with Crippen LogP contribution in [-0.4, -0.2) is 58.3 Å². The molecule has 9 nitrogen and oxygen atoms in total. The number of ether oxygens (including phenoxy) is 1. The van der Waals surface area contributed by atoms with Gasteiger partial charge in [0.15, 0.2) is 11.4 Å². The second-order valence-electron chi connectivity index (χ2n) is 5.10. The van der Waals surface area contributed by atoms with Crippen molar-refractivity contribution < 1.29 is 28.8 Å². The second-order valence-corrected chi connectivity index (χ2v) is 6.09. The first-order valence-electron chi connectivity index (χ1n) is 6.84. The Morgan fingerprint density at radius 1 is 1.39 bits per heavy atom. The number of carbonyl (C=O) groups excluding carboxylic acids is 2. The second kappa shape index (κ2) is 7.47. The van der Waals surface area contributed by atoms with E-state index in [-0.39, 0.29) is 30.4 Å². The van der Waals surface area contributed by atoms with Gasteiger partial charge in [-0.1, -0.05) is 5.16 Å². The molecule has 2 amide bonds. The van der Waals surface area contributed by atoms with Crippen LogP contribution in [0.4, 0.5) is 5.82 Å². The van der Waals surface area contributed by atoms with Crippen molar-refractivity contribution in [1.82, 2.24) is 10.5 Å². The van der Waals surface area contributed by atoms with Crippen molar-refractivity contribution in [3.05, 3.63) is 11.8 Å². The van der Waals surface area contributed by atoms with Gasteiger partial charge in [-0.15, -0.1) is 11.8 Å². The third-order valence-electron chi connectivity index (χ3n) is 3.17. The summed E-state index contributed by atoms with van der Waals surface area (Å²) in [6, 6.07) is 1.58. The van der Waals surface area contributed by atoms with Crippen LogP contribution in [-0.2, 0) is 19.1 Å². The number of nitrogens with one attached hydrogen (secondary N) is 2. The number of aromatic nitrogens is 1. The molecule has 0 spiro atoms. The van der Waals surface area contributed by atoms with Crippen molar-refractivity contribution >= 4 is 35.4 Å². The summed E-state index contributed by atoms with van der Waals surface area (Å²) in [5.41, 5.74) is -1.36. The highest BCUT2D eigenvalue weighted by molar-refractivity contribution is 8.00. The number of carbonyl (C=O) groups is 3. The lowest BCUT2D eigenvalue weighted by atomic mass is 9.99. The number of anilines is 1. The monoisotopic (exact) mass is 343 g/mol. The summed E-state index contributed by atoms with van der Waals surface area (Å²) in [7, 11) is 0. The molecule has 1 fully saturated rings. The van der Waals surface area contributed by atoms with Crippen molar-refractivity contribution in [2.24, 2.45) is 0 Å². The molecule has 1 saturated heterocycles. The standard InChI is InChI=1S/C13H17N3O6S/c1-8-4-9(16-22-8)14-10(17)5-23-6-11(18)15-13(12(19)20)2-3-21-7-13/h4H,2-3,5-7H2,1H3,(H,15,18)(H,19,20)(H,14,16,17). The summed E-state index contributed by atoms with van der Waals surface area (Å²) in [6.45, 7) is 1.94. The molecule has 1 aromatic rings. The first kappa shape index (κ1) is 17.3. The van der Waals surface area contributed by atoms with E-state index < -0.39 is 17.4 Å². The van der Waals surface area contributed by atoms with E-state index in [9.17, 15) is 19.5 Å². The van der Waals surface area contributed by atoms with Gasteiger partial charge in [-0.25, -0.2) is 4.79 Å². The third-order valence-corrected chi connectivity index (χ3v) is 4.10. The van der Waals surface area contributed by atoms with Crippen molar-refractivity contribution in [1.29, 1.82) is 0 Å². The fourth-order valence-corrected chi connectivity index (χ4v) is 2.65. The minimum atomic E-state index is -1.36. The Morgan fingerprint density at radius 2 is 2.13 bits per heavy atom. The van der Waals surface area contributed by atoms with Crippen LogP contribution in [0.15, 0.2) is 10.6 Å². The molecule has 1 atom stereocenters. The maximum atomic E-state index is 11.8. The largest absolute Gasteiger partial charge is 0.479 e. The molecule has 0 aromatic carbocycles. The molecule has 1 aliphatic heterocycles. The minimum absolute atomic E-state index is 0.0275. The van der Waals surface area contributed by atoms with Gasteiger partial charge in [0.05, 0.1) is 18.1 Å². The molecule has 10 heteroatoms. The van der Waals surface area contributed by atoms with Crippen LogP contribution in [0.25, 0.3) is 0 Å². The molecular weight excluding hydrogens is 326 g/mol. The number of amides is 2. The summed E-state index contributed by atoms with van der Waals surface area (Å²) in [4.78, 5) is 34.8. The number of nitrogens with zero attached hydrogens (tertiary/aromatic N) is 1. The molecule has 0 bridgehead atoms. The van der Waals surface area contributed by atoms with Crippen molar-refractivity contribution in [2.75, 3.05) is 30.0 Å². The fourth-order valence-electron chi connectivity index (χ4n) is 2.03. The predicted molar refractivity (Wildman–Crippen MR) is 81.1 cm³/mol. The van der Waals surface area contributed by atoms with E-state index in [1.807, 2.05) is 0 Å². The molecule has 3 N–H and O–H groups in total. The molecule has 0 aliphatic carbocycles. The van der Waals surface area contributed by atoms with Gasteiger partial charge in [0.2, 0.25) is 11.8 Å². The summed E-state index contributed by atoms with van der Waals surface area (Å²) in [5, 5.41) is 17.8. The van der Waals surface area contributed by atoms with E-state index in [4.69, 9.17) is 9.26 Å². The van der Waals surface area contributed by atoms with E-state index in [2.05, 4.69) is 15.8 Å². The zero-order valence-electron chi connectivity index (χ0n) is 12.5. The van der Waals surface area contributed by atoms with Gasteiger partial charge in [0.25, 0.3) is 0 Å². The third kappa shape index (κ3) is 4.70. The number of aryl methyl sites for hydroxylation is 1. The number of aliphatic carboxylic acids is 1. The van der Waals surface area contributed by atoms with E-state index in [0.29, 0.717) is 18.2 Å². The van der Waals surface area contributed by atoms with Crippen molar-refractivity contribution in [3.63, 3.8) is 0 Å². The van der Waals surface area contributed by atoms with E-state index in [1.165, 1.54) is 0 Å². The topological polar surface area (TPSA) is 131 Å². The Balaban J connectivity index is 1.72. The van der Waals surface area contributed by atoms with Crippen molar-refractivity contribution in [3.8, 4) is 0 Å². The summed E-state index contributed by atoms with van der Waals surface area (Å²) < 4.78 is 9.86. The number of hydrogen-bond donors (Lipinski definition) is 3. The lowest BCUT2D eigenvalue weighted by Crippen LogP contribution is -2.55. The lowest BCUT2D eigenvalue weighted by Gasteiger charge is -2.23. The van der Waals surface area contributed by atoms with Gasteiger partial charge in [-0.3, -0.25) is 9.59 Å². The quantitative estimate of drug-likeness (QED) is 0.631. The van der Waals surface area contributed by atoms with Gasteiger partial charge in [-0.2, -0.15) is 0 Å². The number of carboxylic acids is 1. The van der Waals surface area contributed by atoms with Crippen LogP contribution in [0.2, 0.25) is 0 Å². The van der Waals surface area contributed by atoms with Gasteiger partial charge in [-0.05, 0) is 6.92 Å². The molecule has 1 unspecified atom stereocenters. The van der Waals surface area contributed by atoms with E-state index in [1.54, 1.807) is 13.0 Å². The molecule has 126 valence electrons. The molecule has 0 saturated carbocycles. The SMILES string of the molecule is Cc1cc(NC(=O)CSCC(=O)NC2(C(=O)O)CCOC2)no1. The summed E-state index contributed by atoms with van der Waals surface area (Å²) in [5.74, 6) is -1.000. The zero-order valence-corrected chi connectivity index (χ0v) is 13.3. The average Bonchev–Trinajstić information content (AvgIpc) is 3.09. The Hall–Kier alpha value is -2.07. The van der Waals surface area contributed by atoms with Crippen LogP contribution in [0.1, 0.15) is 12.2 Å². The van der Waals surface area contributed by atoms with Gasteiger partial charge < -0.3 is 25.0 Å². The molecular formula is C13H17N3O6S. The van der Waals surface area contributed by atoms with Gasteiger partial charge in [0, 0.05) is 19.1 Å². The number of carboxylic acid groups (broad SMARTS) is 1. The van der Waals surface area contributed by atoms with Crippen LogP contribution < -0.4 is 10.6 Å². The smallest absolute Gasteiger partial charge is 0.331 e.